The molecule has 0 aliphatic rings. The van der Waals surface area contributed by atoms with Crippen LogP contribution in [0.4, 0.5) is 0 Å². The van der Waals surface area contributed by atoms with E-state index in [1.54, 1.807) is 80.8 Å². The summed E-state index contributed by atoms with van der Waals surface area (Å²) in [7, 11) is 0. The van der Waals surface area contributed by atoms with Gasteiger partial charge < -0.3 is 14.4 Å². The van der Waals surface area contributed by atoms with E-state index in [-0.39, 0.29) is 11.1 Å². The molecule has 7 heteroatoms. The minimum Gasteiger partial charge on any atom is -0.478 e. The Labute approximate surface area is 184 Å². The summed E-state index contributed by atoms with van der Waals surface area (Å²) in [6, 6.07) is 13.8. The Bertz CT molecular complexity index is 1130. The number of esters is 1. The molecule has 0 bridgehead atoms. The Morgan fingerprint density at radius 2 is 1.57 bits per heavy atom. The smallest absolute Gasteiger partial charge is 0.341 e. The predicted molar refractivity (Wildman–Crippen MR) is 118 cm³/mol. The largest absolute Gasteiger partial charge is 0.478 e. The van der Waals surface area contributed by atoms with Crippen molar-refractivity contribution in [1.82, 2.24) is 4.57 Å². The number of aromatic nitrogens is 1. The number of carbonyl (C=O) groups is 2. The van der Waals surface area contributed by atoms with Gasteiger partial charge in [-0.05, 0) is 57.5 Å². The van der Waals surface area contributed by atoms with Crippen LogP contribution in [0.25, 0.3) is 16.9 Å². The Morgan fingerprint density at radius 1 is 0.967 bits per heavy atom. The number of nitrogens with zero attached hydrogens (tertiary/aromatic N) is 1. The van der Waals surface area contributed by atoms with E-state index in [4.69, 9.17) is 27.9 Å². The molecule has 0 spiro atoms. The van der Waals surface area contributed by atoms with E-state index in [0.29, 0.717) is 32.7 Å². The van der Waals surface area contributed by atoms with Gasteiger partial charge in [0.25, 0.3) is 0 Å². The van der Waals surface area contributed by atoms with Crippen LogP contribution in [0, 0.1) is 6.92 Å². The van der Waals surface area contributed by atoms with Crippen molar-refractivity contribution >= 4 is 35.1 Å². The van der Waals surface area contributed by atoms with E-state index in [0.717, 1.165) is 0 Å². The van der Waals surface area contributed by atoms with Gasteiger partial charge in [-0.25, -0.2) is 9.59 Å². The number of rotatable bonds is 4. The third kappa shape index (κ3) is 4.23. The molecule has 0 amide bonds. The highest BCUT2D eigenvalue weighted by atomic mass is 35.5. The Balaban J connectivity index is 2.44. The first-order chi connectivity index (χ1) is 14.0. The second-order valence-corrected chi connectivity index (χ2v) is 8.63. The van der Waals surface area contributed by atoms with E-state index in [9.17, 15) is 14.7 Å². The van der Waals surface area contributed by atoms with Gasteiger partial charge >= 0.3 is 11.9 Å². The van der Waals surface area contributed by atoms with Gasteiger partial charge in [0.15, 0.2) is 0 Å². The van der Waals surface area contributed by atoms with E-state index in [1.807, 2.05) is 0 Å². The Hall–Kier alpha value is -2.76. The van der Waals surface area contributed by atoms with Crippen LogP contribution in [-0.2, 0) is 4.74 Å². The lowest BCUT2D eigenvalue weighted by molar-refractivity contribution is 0.00670. The summed E-state index contributed by atoms with van der Waals surface area (Å²) in [6.07, 6.45) is 0. The van der Waals surface area contributed by atoms with Gasteiger partial charge in [0.05, 0.1) is 22.0 Å². The van der Waals surface area contributed by atoms with Crippen molar-refractivity contribution in [2.45, 2.75) is 33.3 Å². The number of carbonyl (C=O) groups excluding carboxylic acids is 1. The van der Waals surface area contributed by atoms with Crippen molar-refractivity contribution in [3.63, 3.8) is 0 Å². The third-order valence-corrected chi connectivity index (χ3v) is 5.01. The van der Waals surface area contributed by atoms with Gasteiger partial charge in [0.1, 0.15) is 11.2 Å². The van der Waals surface area contributed by atoms with Crippen molar-refractivity contribution in [3.05, 3.63) is 75.4 Å². The van der Waals surface area contributed by atoms with Crippen molar-refractivity contribution in [1.29, 1.82) is 0 Å². The number of aromatic carboxylic acids is 1. The normalized spacial score (nSPS) is 11.4. The first-order valence-electron chi connectivity index (χ1n) is 9.24. The molecule has 0 saturated heterocycles. The zero-order valence-corrected chi connectivity index (χ0v) is 18.5. The number of hydrogen-bond acceptors (Lipinski definition) is 3. The highest BCUT2D eigenvalue weighted by molar-refractivity contribution is 6.32. The first kappa shape index (κ1) is 21.9. The second-order valence-electron chi connectivity index (χ2n) is 7.78. The summed E-state index contributed by atoms with van der Waals surface area (Å²) in [5.41, 5.74) is 0.941. The van der Waals surface area contributed by atoms with E-state index in [1.165, 1.54) is 0 Å². The minimum atomic E-state index is -1.23. The van der Waals surface area contributed by atoms with Gasteiger partial charge in [0.2, 0.25) is 0 Å². The Morgan fingerprint density at radius 3 is 2.10 bits per heavy atom. The van der Waals surface area contributed by atoms with Crippen molar-refractivity contribution < 1.29 is 19.4 Å². The molecule has 30 heavy (non-hydrogen) atoms. The molecular formula is C23H21Cl2NO4. The molecule has 2 aromatic carbocycles. The molecule has 3 aromatic rings. The zero-order chi connectivity index (χ0) is 22.2. The van der Waals surface area contributed by atoms with Crippen LogP contribution in [0.2, 0.25) is 10.0 Å². The highest BCUT2D eigenvalue weighted by Gasteiger charge is 2.33. The van der Waals surface area contributed by atoms with Crippen LogP contribution in [0.1, 0.15) is 47.2 Å². The monoisotopic (exact) mass is 445 g/mol. The average molecular weight is 446 g/mol. The maximum Gasteiger partial charge on any atom is 0.341 e. The molecule has 0 fully saturated rings. The third-order valence-electron chi connectivity index (χ3n) is 4.44. The molecule has 1 heterocycles. The van der Waals surface area contributed by atoms with E-state index >= 15 is 0 Å². The minimum absolute atomic E-state index is 0.0304. The SMILES string of the molecule is Cc1c(C(=O)O)c(C(=O)OC(C)(C)C)c(-c2ccc(Cl)cc2)n1-c1ccccc1Cl. The summed E-state index contributed by atoms with van der Waals surface area (Å²) in [6.45, 7) is 6.82. The fraction of sp³-hybridized carbons (Fsp3) is 0.217. The second kappa shape index (κ2) is 8.17. The van der Waals surface area contributed by atoms with Crippen LogP contribution in [0.3, 0.4) is 0 Å². The van der Waals surface area contributed by atoms with Crippen LogP contribution < -0.4 is 0 Å². The fourth-order valence-corrected chi connectivity index (χ4v) is 3.64. The molecule has 0 saturated carbocycles. The van der Waals surface area contributed by atoms with Gasteiger partial charge in [0, 0.05) is 10.7 Å². The number of ether oxygens (including phenoxy) is 1. The average Bonchev–Trinajstić information content (AvgIpc) is 2.95. The van der Waals surface area contributed by atoms with Crippen LogP contribution >= 0.6 is 23.2 Å². The molecule has 0 aliphatic carbocycles. The van der Waals surface area contributed by atoms with Crippen LogP contribution in [0.5, 0.6) is 0 Å². The maximum absolute atomic E-state index is 13.2. The van der Waals surface area contributed by atoms with Crippen molar-refractivity contribution in [3.8, 4) is 16.9 Å². The Kier molecular flexibility index (Phi) is 5.97. The number of hydrogen-bond donors (Lipinski definition) is 1. The summed E-state index contributed by atoms with van der Waals surface area (Å²) >= 11 is 12.5. The zero-order valence-electron chi connectivity index (χ0n) is 17.0. The topological polar surface area (TPSA) is 68.5 Å². The number of halogens is 2. The number of para-hydroxylation sites is 1. The van der Waals surface area contributed by atoms with E-state index < -0.39 is 17.5 Å². The quantitative estimate of drug-likeness (QED) is 0.470. The lowest BCUT2D eigenvalue weighted by atomic mass is 10.0. The predicted octanol–water partition coefficient (Wildman–Crippen LogP) is 6.41. The summed E-state index contributed by atoms with van der Waals surface area (Å²) < 4.78 is 7.24. The van der Waals surface area contributed by atoms with E-state index in [2.05, 4.69) is 0 Å². The summed E-state index contributed by atoms with van der Waals surface area (Å²) in [5, 5.41) is 10.9. The molecule has 156 valence electrons. The standard InChI is InChI=1S/C23H21Cl2NO4/c1-13-18(21(27)28)19(22(29)30-23(2,3)4)20(14-9-11-15(24)12-10-14)26(13)17-8-6-5-7-16(17)25/h5-12H,1-4H3,(H,27,28). The molecule has 5 nitrogen and oxygen atoms in total. The molecule has 0 radical (unpaired) electrons. The highest BCUT2D eigenvalue weighted by Crippen LogP contribution is 2.38. The molecule has 3 rings (SSSR count). The summed E-state index contributed by atoms with van der Waals surface area (Å²) in [4.78, 5) is 25.4. The molecular weight excluding hydrogens is 425 g/mol. The van der Waals surface area contributed by atoms with Gasteiger partial charge in [-0.3, -0.25) is 0 Å². The van der Waals surface area contributed by atoms with Crippen LogP contribution in [-0.4, -0.2) is 27.2 Å². The lowest BCUT2D eigenvalue weighted by Crippen LogP contribution is -2.25. The summed E-state index contributed by atoms with van der Waals surface area (Å²) in [5.74, 6) is -1.95. The number of carboxylic acids is 1. The molecule has 0 atom stereocenters. The number of benzene rings is 2. The number of carboxylic acid groups (broad SMARTS) is 1. The fourth-order valence-electron chi connectivity index (χ4n) is 3.30. The maximum atomic E-state index is 13.2. The molecule has 1 N–H and O–H groups in total. The first-order valence-corrected chi connectivity index (χ1v) is 9.99. The molecule has 0 aliphatic heterocycles. The van der Waals surface area contributed by atoms with Crippen molar-refractivity contribution in [2.24, 2.45) is 0 Å². The van der Waals surface area contributed by atoms with Crippen molar-refractivity contribution in [2.75, 3.05) is 0 Å². The lowest BCUT2D eigenvalue weighted by Gasteiger charge is -2.20. The van der Waals surface area contributed by atoms with Gasteiger partial charge in [-0.2, -0.15) is 0 Å². The van der Waals surface area contributed by atoms with Crippen LogP contribution in [0.15, 0.2) is 48.5 Å². The molecule has 0 unspecified atom stereocenters. The molecule has 1 aromatic heterocycles. The van der Waals surface area contributed by atoms with Gasteiger partial charge in [-0.1, -0.05) is 47.5 Å². The van der Waals surface area contributed by atoms with Gasteiger partial charge in [-0.15, -0.1) is 0 Å².